The first-order valence-electron chi connectivity index (χ1n) is 6.48. The Kier molecular flexibility index (Phi) is 3.28. The molecule has 6 nitrogen and oxygen atoms in total. The van der Waals surface area contributed by atoms with Gasteiger partial charge >= 0.3 is 5.97 Å². The molecule has 0 aliphatic carbocycles. The molecule has 1 aliphatic rings. The van der Waals surface area contributed by atoms with Crippen molar-refractivity contribution in [1.29, 1.82) is 0 Å². The van der Waals surface area contributed by atoms with E-state index in [0.29, 0.717) is 18.9 Å². The van der Waals surface area contributed by atoms with Gasteiger partial charge in [-0.25, -0.2) is 14.8 Å². The zero-order valence-corrected chi connectivity index (χ0v) is 10.8. The summed E-state index contributed by atoms with van der Waals surface area (Å²) in [5.41, 5.74) is 1.71. The highest BCUT2D eigenvalue weighted by Crippen LogP contribution is 2.24. The minimum absolute atomic E-state index is 0.476. The van der Waals surface area contributed by atoms with Gasteiger partial charge in [-0.05, 0) is 31.0 Å². The van der Waals surface area contributed by atoms with Crippen LogP contribution < -0.4 is 4.90 Å². The van der Waals surface area contributed by atoms with Gasteiger partial charge in [0.05, 0.1) is 5.69 Å². The summed E-state index contributed by atoms with van der Waals surface area (Å²) in [4.78, 5) is 25.7. The molecule has 3 rings (SSSR count). The summed E-state index contributed by atoms with van der Waals surface area (Å²) in [7, 11) is 0. The highest BCUT2D eigenvalue weighted by atomic mass is 16.4. The Hall–Kier alpha value is -2.50. The van der Waals surface area contributed by atoms with E-state index in [0.717, 1.165) is 17.7 Å². The predicted octanol–water partition coefficient (Wildman–Crippen LogP) is 1.59. The Bertz CT molecular complexity index is 618. The minimum Gasteiger partial charge on any atom is -0.480 e. The number of rotatable bonds is 3. The summed E-state index contributed by atoms with van der Waals surface area (Å²) in [5, 5.41) is 9.23. The van der Waals surface area contributed by atoms with Gasteiger partial charge in [0, 0.05) is 30.7 Å². The Morgan fingerprint density at radius 1 is 1.25 bits per heavy atom. The van der Waals surface area contributed by atoms with Crippen LogP contribution in [0.15, 0.2) is 36.8 Å². The molecule has 0 saturated carbocycles. The van der Waals surface area contributed by atoms with Crippen molar-refractivity contribution in [2.45, 2.75) is 18.9 Å². The maximum Gasteiger partial charge on any atom is 0.326 e. The monoisotopic (exact) mass is 270 g/mol. The molecule has 1 aliphatic heterocycles. The number of carboxylic acid groups (broad SMARTS) is 1. The molecule has 0 spiro atoms. The number of aliphatic carboxylic acids is 1. The number of hydrogen-bond donors (Lipinski definition) is 1. The van der Waals surface area contributed by atoms with Gasteiger partial charge in [0.25, 0.3) is 0 Å². The van der Waals surface area contributed by atoms with Crippen LogP contribution in [0.5, 0.6) is 0 Å². The number of anilines is 1. The van der Waals surface area contributed by atoms with Gasteiger partial charge in [-0.15, -0.1) is 0 Å². The fourth-order valence-electron chi connectivity index (χ4n) is 2.43. The highest BCUT2D eigenvalue weighted by Gasteiger charge is 2.32. The molecule has 1 fully saturated rings. The molecule has 0 amide bonds. The van der Waals surface area contributed by atoms with Crippen LogP contribution in [0.25, 0.3) is 11.3 Å². The highest BCUT2D eigenvalue weighted by molar-refractivity contribution is 5.78. The van der Waals surface area contributed by atoms with E-state index < -0.39 is 12.0 Å². The van der Waals surface area contributed by atoms with E-state index in [2.05, 4.69) is 15.0 Å². The van der Waals surface area contributed by atoms with Crippen molar-refractivity contribution in [2.24, 2.45) is 0 Å². The third-order valence-corrected chi connectivity index (χ3v) is 3.41. The van der Waals surface area contributed by atoms with Crippen molar-refractivity contribution >= 4 is 11.9 Å². The van der Waals surface area contributed by atoms with Crippen molar-refractivity contribution in [3.05, 3.63) is 36.8 Å². The molecule has 20 heavy (non-hydrogen) atoms. The van der Waals surface area contributed by atoms with Gasteiger partial charge in [0.1, 0.15) is 6.04 Å². The maximum atomic E-state index is 11.2. The number of aromatic nitrogens is 3. The summed E-state index contributed by atoms with van der Waals surface area (Å²) >= 11 is 0. The van der Waals surface area contributed by atoms with E-state index in [-0.39, 0.29) is 0 Å². The zero-order valence-electron chi connectivity index (χ0n) is 10.8. The molecule has 1 atom stereocenters. The van der Waals surface area contributed by atoms with E-state index in [1.165, 1.54) is 0 Å². The molecular weight excluding hydrogens is 256 g/mol. The first-order chi connectivity index (χ1) is 9.75. The standard InChI is InChI=1S/C14H14N4O2/c19-13(20)12-2-1-9-18(12)14-16-8-5-11(17-14)10-3-6-15-7-4-10/h3-8,12H,1-2,9H2,(H,19,20)/t12-/m0/s1. The molecule has 2 aromatic heterocycles. The lowest BCUT2D eigenvalue weighted by Crippen LogP contribution is -2.37. The van der Waals surface area contributed by atoms with Crippen molar-refractivity contribution in [2.75, 3.05) is 11.4 Å². The maximum absolute atomic E-state index is 11.2. The SMILES string of the molecule is O=C(O)[C@@H]1CCCN1c1nccc(-c2ccncc2)n1. The van der Waals surface area contributed by atoms with Crippen LogP contribution in [0.2, 0.25) is 0 Å². The molecule has 1 N–H and O–H groups in total. The Morgan fingerprint density at radius 2 is 2.05 bits per heavy atom. The van der Waals surface area contributed by atoms with Crippen molar-refractivity contribution in [3.63, 3.8) is 0 Å². The molecule has 0 bridgehead atoms. The Balaban J connectivity index is 1.94. The van der Waals surface area contributed by atoms with E-state index in [1.807, 2.05) is 18.2 Å². The summed E-state index contributed by atoms with van der Waals surface area (Å²) < 4.78 is 0. The molecule has 0 radical (unpaired) electrons. The minimum atomic E-state index is -0.819. The fourth-order valence-corrected chi connectivity index (χ4v) is 2.43. The molecule has 3 heterocycles. The van der Waals surface area contributed by atoms with Crippen molar-refractivity contribution in [1.82, 2.24) is 15.0 Å². The van der Waals surface area contributed by atoms with Crippen LogP contribution in [-0.2, 0) is 4.79 Å². The lowest BCUT2D eigenvalue weighted by Gasteiger charge is -2.21. The molecule has 0 unspecified atom stereocenters. The summed E-state index contributed by atoms with van der Waals surface area (Å²) in [6.45, 7) is 0.677. The molecule has 1 saturated heterocycles. The van der Waals surface area contributed by atoms with Gasteiger partial charge in [-0.2, -0.15) is 0 Å². The van der Waals surface area contributed by atoms with E-state index in [1.54, 1.807) is 23.5 Å². The van der Waals surface area contributed by atoms with Gasteiger partial charge in [-0.3, -0.25) is 4.98 Å². The van der Waals surface area contributed by atoms with E-state index in [4.69, 9.17) is 0 Å². The smallest absolute Gasteiger partial charge is 0.326 e. The quantitative estimate of drug-likeness (QED) is 0.912. The van der Waals surface area contributed by atoms with Crippen molar-refractivity contribution in [3.8, 4) is 11.3 Å². The molecule has 0 aromatic carbocycles. The van der Waals surface area contributed by atoms with Crippen LogP contribution in [0.1, 0.15) is 12.8 Å². The normalized spacial score (nSPS) is 18.2. The third kappa shape index (κ3) is 2.32. The topological polar surface area (TPSA) is 79.2 Å². The number of carbonyl (C=O) groups is 1. The first-order valence-corrected chi connectivity index (χ1v) is 6.48. The second-order valence-electron chi connectivity index (χ2n) is 4.67. The number of pyridine rings is 1. The van der Waals surface area contributed by atoms with Gasteiger partial charge < -0.3 is 10.0 Å². The number of carboxylic acids is 1. The molecule has 102 valence electrons. The lowest BCUT2D eigenvalue weighted by atomic mass is 10.2. The van der Waals surface area contributed by atoms with Crippen LogP contribution in [0, 0.1) is 0 Å². The van der Waals surface area contributed by atoms with Crippen molar-refractivity contribution < 1.29 is 9.90 Å². The fraction of sp³-hybridized carbons (Fsp3) is 0.286. The predicted molar refractivity (Wildman–Crippen MR) is 73.3 cm³/mol. The third-order valence-electron chi connectivity index (χ3n) is 3.41. The molecule has 2 aromatic rings. The van der Waals surface area contributed by atoms with Gasteiger partial charge in [0.15, 0.2) is 0 Å². The summed E-state index contributed by atoms with van der Waals surface area (Å²) in [6.07, 6.45) is 6.55. The number of hydrogen-bond acceptors (Lipinski definition) is 5. The van der Waals surface area contributed by atoms with E-state index >= 15 is 0 Å². The second kappa shape index (κ2) is 5.24. The van der Waals surface area contributed by atoms with Crippen LogP contribution in [0.4, 0.5) is 5.95 Å². The average Bonchev–Trinajstić information content (AvgIpc) is 2.98. The van der Waals surface area contributed by atoms with Crippen LogP contribution in [0.3, 0.4) is 0 Å². The lowest BCUT2D eigenvalue weighted by molar-refractivity contribution is -0.138. The first kappa shape index (κ1) is 12.5. The molecular formula is C14H14N4O2. The average molecular weight is 270 g/mol. The van der Waals surface area contributed by atoms with E-state index in [9.17, 15) is 9.90 Å². The van der Waals surface area contributed by atoms with Crippen LogP contribution >= 0.6 is 0 Å². The Labute approximate surface area is 116 Å². The van der Waals surface area contributed by atoms with Crippen LogP contribution in [-0.4, -0.2) is 38.6 Å². The van der Waals surface area contributed by atoms with Gasteiger partial charge in [-0.1, -0.05) is 0 Å². The summed E-state index contributed by atoms with van der Waals surface area (Å²) in [5.74, 6) is -0.343. The second-order valence-corrected chi connectivity index (χ2v) is 4.67. The largest absolute Gasteiger partial charge is 0.480 e. The Morgan fingerprint density at radius 3 is 2.80 bits per heavy atom. The number of nitrogens with zero attached hydrogens (tertiary/aromatic N) is 4. The molecule has 6 heteroatoms. The zero-order chi connectivity index (χ0) is 13.9. The summed E-state index contributed by atoms with van der Waals surface area (Å²) in [6, 6.07) is 5.02. The van der Waals surface area contributed by atoms with Gasteiger partial charge in [0.2, 0.25) is 5.95 Å².